The minimum Gasteiger partial charge on any atom is -0.348 e. The monoisotopic (exact) mass is 286 g/mol. The van der Waals surface area contributed by atoms with Crippen LogP contribution in [0.3, 0.4) is 0 Å². The second kappa shape index (κ2) is 5.08. The van der Waals surface area contributed by atoms with Crippen LogP contribution in [0.25, 0.3) is 0 Å². The highest BCUT2D eigenvalue weighted by Gasteiger charge is 2.40. The lowest BCUT2D eigenvalue weighted by atomic mass is 9.77. The van der Waals surface area contributed by atoms with Gasteiger partial charge in [-0.3, -0.25) is 4.79 Å². The number of nitrogens with one attached hydrogen (secondary N) is 1. The zero-order valence-electron chi connectivity index (χ0n) is 10.2. The topological polar surface area (TPSA) is 55.1 Å². The molecule has 1 unspecified atom stereocenters. The van der Waals surface area contributed by atoms with Crippen molar-refractivity contribution < 1.29 is 4.79 Å². The quantitative estimate of drug-likeness (QED) is 0.897. The van der Waals surface area contributed by atoms with E-state index in [0.717, 1.165) is 24.8 Å². The van der Waals surface area contributed by atoms with Crippen LogP contribution in [-0.4, -0.2) is 11.4 Å². The van der Waals surface area contributed by atoms with Crippen molar-refractivity contribution in [2.24, 2.45) is 5.73 Å². The molecule has 18 heavy (non-hydrogen) atoms. The lowest BCUT2D eigenvalue weighted by Gasteiger charge is -2.37. The summed E-state index contributed by atoms with van der Waals surface area (Å²) in [6.45, 7) is 1.90. The molecule has 98 valence electrons. The Morgan fingerprint density at radius 1 is 1.39 bits per heavy atom. The molecule has 3 nitrogen and oxygen atoms in total. The molecule has 0 heterocycles. The van der Waals surface area contributed by atoms with Gasteiger partial charge in [-0.15, -0.1) is 0 Å². The average molecular weight is 287 g/mol. The highest BCUT2D eigenvalue weighted by molar-refractivity contribution is 6.42. The number of carbonyl (C=O) groups is 1. The van der Waals surface area contributed by atoms with Gasteiger partial charge in [0.25, 0.3) is 0 Å². The highest BCUT2D eigenvalue weighted by atomic mass is 35.5. The number of hydrogen-bond acceptors (Lipinski definition) is 2. The van der Waals surface area contributed by atoms with E-state index in [-0.39, 0.29) is 11.9 Å². The van der Waals surface area contributed by atoms with Gasteiger partial charge in [0.05, 0.1) is 21.6 Å². The Balaban J connectivity index is 2.05. The summed E-state index contributed by atoms with van der Waals surface area (Å²) in [5.41, 5.74) is 6.21. The first kappa shape index (κ1) is 13.7. The van der Waals surface area contributed by atoms with Crippen LogP contribution in [0.4, 0.5) is 0 Å². The highest BCUT2D eigenvalue weighted by Crippen LogP contribution is 2.30. The van der Waals surface area contributed by atoms with Gasteiger partial charge in [0.2, 0.25) is 5.91 Å². The van der Waals surface area contributed by atoms with Crippen molar-refractivity contribution in [1.82, 2.24) is 5.32 Å². The molecular weight excluding hydrogens is 271 g/mol. The third kappa shape index (κ3) is 2.63. The summed E-state index contributed by atoms with van der Waals surface area (Å²) in [5.74, 6) is -0.0904. The number of carbonyl (C=O) groups excluding carboxylic acids is 1. The molecule has 0 spiro atoms. The van der Waals surface area contributed by atoms with Crippen LogP contribution in [0.5, 0.6) is 0 Å². The molecule has 1 aliphatic carbocycles. The van der Waals surface area contributed by atoms with Crippen molar-refractivity contribution in [2.75, 3.05) is 0 Å². The second-order valence-electron chi connectivity index (χ2n) is 4.88. The fourth-order valence-electron chi connectivity index (χ4n) is 1.99. The van der Waals surface area contributed by atoms with Crippen LogP contribution in [0.2, 0.25) is 10.0 Å². The van der Waals surface area contributed by atoms with Crippen molar-refractivity contribution in [2.45, 2.75) is 37.8 Å². The standard InChI is InChI=1S/C13H16Cl2N2O/c1-8(9-3-4-10(14)11(15)7-9)17-12(18)13(16)5-2-6-13/h3-4,7-8H,2,5-6,16H2,1H3,(H,17,18). The molecule has 2 rings (SSSR count). The Hall–Kier alpha value is -0.770. The van der Waals surface area contributed by atoms with E-state index < -0.39 is 5.54 Å². The molecule has 0 radical (unpaired) electrons. The van der Waals surface area contributed by atoms with Gasteiger partial charge in [0, 0.05) is 0 Å². The Morgan fingerprint density at radius 3 is 2.56 bits per heavy atom. The van der Waals surface area contributed by atoms with E-state index in [1.807, 2.05) is 13.0 Å². The predicted molar refractivity (Wildman–Crippen MR) is 73.8 cm³/mol. The Bertz CT molecular complexity index is 472. The van der Waals surface area contributed by atoms with Crippen LogP contribution in [0.15, 0.2) is 18.2 Å². The second-order valence-corrected chi connectivity index (χ2v) is 5.69. The summed E-state index contributed by atoms with van der Waals surface area (Å²) in [6, 6.07) is 5.21. The number of rotatable bonds is 3. The van der Waals surface area contributed by atoms with E-state index in [2.05, 4.69) is 5.32 Å². The summed E-state index contributed by atoms with van der Waals surface area (Å²) in [5, 5.41) is 3.91. The van der Waals surface area contributed by atoms with Gasteiger partial charge in [-0.2, -0.15) is 0 Å². The van der Waals surface area contributed by atoms with Crippen molar-refractivity contribution in [3.8, 4) is 0 Å². The SMILES string of the molecule is CC(NC(=O)C1(N)CCC1)c1ccc(Cl)c(Cl)c1. The number of benzene rings is 1. The lowest BCUT2D eigenvalue weighted by molar-refractivity contribution is -0.129. The van der Waals surface area contributed by atoms with Crippen molar-refractivity contribution >= 4 is 29.1 Å². The van der Waals surface area contributed by atoms with Crippen LogP contribution in [-0.2, 0) is 4.79 Å². The first-order valence-corrected chi connectivity index (χ1v) is 6.73. The largest absolute Gasteiger partial charge is 0.348 e. The number of halogens is 2. The fourth-order valence-corrected chi connectivity index (χ4v) is 2.30. The van der Waals surface area contributed by atoms with E-state index in [1.165, 1.54) is 0 Å². The molecule has 1 fully saturated rings. The van der Waals surface area contributed by atoms with E-state index >= 15 is 0 Å². The van der Waals surface area contributed by atoms with Gasteiger partial charge < -0.3 is 11.1 Å². The summed E-state index contributed by atoms with van der Waals surface area (Å²) in [4.78, 5) is 12.0. The third-order valence-corrected chi connectivity index (χ3v) is 4.23. The maximum Gasteiger partial charge on any atom is 0.240 e. The van der Waals surface area contributed by atoms with Gasteiger partial charge in [-0.05, 0) is 43.9 Å². The third-order valence-electron chi connectivity index (χ3n) is 3.49. The molecule has 1 aliphatic rings. The van der Waals surface area contributed by atoms with Crippen LogP contribution < -0.4 is 11.1 Å². The molecule has 1 amide bonds. The van der Waals surface area contributed by atoms with E-state index in [4.69, 9.17) is 28.9 Å². The molecule has 3 N–H and O–H groups in total. The zero-order chi connectivity index (χ0) is 13.3. The zero-order valence-corrected chi connectivity index (χ0v) is 11.7. The minimum absolute atomic E-state index is 0.0904. The van der Waals surface area contributed by atoms with Crippen molar-refractivity contribution in [1.29, 1.82) is 0 Å². The normalized spacial score (nSPS) is 18.9. The molecule has 0 aromatic heterocycles. The molecule has 1 atom stereocenters. The molecule has 0 saturated heterocycles. The Morgan fingerprint density at radius 2 is 2.06 bits per heavy atom. The molecular formula is C13H16Cl2N2O. The maximum atomic E-state index is 12.0. The first-order valence-electron chi connectivity index (χ1n) is 5.97. The number of hydrogen-bond donors (Lipinski definition) is 2. The van der Waals surface area contributed by atoms with Gasteiger partial charge in [-0.25, -0.2) is 0 Å². The summed E-state index contributed by atoms with van der Waals surface area (Å²) in [7, 11) is 0. The van der Waals surface area contributed by atoms with Gasteiger partial charge in [-0.1, -0.05) is 29.3 Å². The van der Waals surface area contributed by atoms with Gasteiger partial charge in [0.1, 0.15) is 0 Å². The Kier molecular flexibility index (Phi) is 3.85. The van der Waals surface area contributed by atoms with Crippen LogP contribution in [0, 0.1) is 0 Å². The summed E-state index contributed by atoms with van der Waals surface area (Å²) >= 11 is 11.8. The van der Waals surface area contributed by atoms with Crippen LogP contribution >= 0.6 is 23.2 Å². The molecule has 0 aliphatic heterocycles. The maximum absolute atomic E-state index is 12.0. The van der Waals surface area contributed by atoms with E-state index in [0.29, 0.717) is 10.0 Å². The average Bonchev–Trinajstić information content (AvgIpc) is 2.29. The van der Waals surface area contributed by atoms with Gasteiger partial charge in [0.15, 0.2) is 0 Å². The fraction of sp³-hybridized carbons (Fsp3) is 0.462. The predicted octanol–water partition coefficient (Wildman–Crippen LogP) is 3.05. The minimum atomic E-state index is -0.676. The first-order chi connectivity index (χ1) is 8.42. The number of amides is 1. The molecule has 1 aromatic carbocycles. The smallest absolute Gasteiger partial charge is 0.240 e. The van der Waals surface area contributed by atoms with Crippen LogP contribution in [0.1, 0.15) is 37.8 Å². The summed E-state index contributed by atoms with van der Waals surface area (Å²) in [6.07, 6.45) is 2.53. The number of nitrogens with two attached hydrogens (primary N) is 1. The molecule has 0 bridgehead atoms. The van der Waals surface area contributed by atoms with Gasteiger partial charge >= 0.3 is 0 Å². The lowest BCUT2D eigenvalue weighted by Crippen LogP contribution is -2.58. The Labute approximate surface area is 117 Å². The van der Waals surface area contributed by atoms with E-state index in [1.54, 1.807) is 12.1 Å². The molecule has 1 aromatic rings. The van der Waals surface area contributed by atoms with Crippen molar-refractivity contribution in [3.05, 3.63) is 33.8 Å². The molecule has 5 heteroatoms. The van der Waals surface area contributed by atoms with E-state index in [9.17, 15) is 4.79 Å². The molecule has 1 saturated carbocycles. The van der Waals surface area contributed by atoms with Crippen molar-refractivity contribution in [3.63, 3.8) is 0 Å². The summed E-state index contributed by atoms with van der Waals surface area (Å²) < 4.78 is 0.